The third kappa shape index (κ3) is 4.25. The van der Waals surface area contributed by atoms with Gasteiger partial charge in [-0.2, -0.15) is 0 Å². The van der Waals surface area contributed by atoms with Crippen molar-refractivity contribution in [1.29, 1.82) is 0 Å². The molecule has 0 atom stereocenters. The molecule has 1 radical (unpaired) electrons. The van der Waals surface area contributed by atoms with Crippen molar-refractivity contribution in [3.63, 3.8) is 0 Å². The van der Waals surface area contributed by atoms with Crippen LogP contribution in [0, 0.1) is 29.1 Å². The van der Waals surface area contributed by atoms with E-state index < -0.39 is 40.1 Å². The Kier molecular flexibility index (Phi) is 6.52. The third-order valence-electron chi connectivity index (χ3n) is 7.76. The molecule has 40 heavy (non-hydrogen) atoms. The summed E-state index contributed by atoms with van der Waals surface area (Å²) in [4.78, 5) is 0. The minimum absolute atomic E-state index is 0.000423. The molecule has 0 aliphatic heterocycles. The minimum atomic E-state index is -2.16. The van der Waals surface area contributed by atoms with Crippen LogP contribution in [0.5, 0.6) is 0 Å². The molecule has 0 bridgehead atoms. The molecule has 0 spiro atoms. The topological polar surface area (TPSA) is 0 Å². The molecule has 0 aromatic heterocycles. The number of rotatable bonds is 2. The lowest BCUT2D eigenvalue weighted by Crippen LogP contribution is -2.31. The Hall–Kier alpha value is -3.47. The van der Waals surface area contributed by atoms with Gasteiger partial charge in [0.25, 0.3) is 0 Å². The summed E-state index contributed by atoms with van der Waals surface area (Å²) in [5.74, 6) is -9.72. The van der Waals surface area contributed by atoms with Crippen LogP contribution in [0.3, 0.4) is 0 Å². The predicted molar refractivity (Wildman–Crippen MR) is 153 cm³/mol. The maximum Gasteiger partial charge on any atom is 0.200 e. The van der Waals surface area contributed by atoms with E-state index in [0.717, 1.165) is 49.4 Å². The van der Waals surface area contributed by atoms with Gasteiger partial charge in [-0.05, 0) is 104 Å². The van der Waals surface area contributed by atoms with E-state index in [4.69, 9.17) is 0 Å². The van der Waals surface area contributed by atoms with Crippen molar-refractivity contribution in [3.05, 3.63) is 104 Å². The van der Waals surface area contributed by atoms with E-state index in [2.05, 4.69) is 71.9 Å². The van der Waals surface area contributed by atoms with Gasteiger partial charge in [-0.3, -0.25) is 0 Å². The molecular formula is C35H32F5. The zero-order valence-corrected chi connectivity index (χ0v) is 24.1. The maximum absolute atomic E-state index is 15.1. The summed E-state index contributed by atoms with van der Waals surface area (Å²) < 4.78 is 72.9. The minimum Gasteiger partial charge on any atom is -0.203 e. The Morgan fingerprint density at radius 3 is 1.88 bits per heavy atom. The first-order valence-electron chi connectivity index (χ1n) is 13.4. The van der Waals surface area contributed by atoms with Gasteiger partial charge in [0, 0.05) is 0 Å². The zero-order valence-electron chi connectivity index (χ0n) is 24.1. The summed E-state index contributed by atoms with van der Waals surface area (Å²) in [6, 6.07) is 8.44. The number of halogens is 5. The van der Waals surface area contributed by atoms with Gasteiger partial charge in [0.15, 0.2) is 23.3 Å². The Morgan fingerprint density at radius 1 is 0.725 bits per heavy atom. The van der Waals surface area contributed by atoms with E-state index in [9.17, 15) is 13.2 Å². The average Bonchev–Trinajstić information content (AvgIpc) is 3.48. The lowest BCUT2D eigenvalue weighted by atomic mass is 9.76. The van der Waals surface area contributed by atoms with Gasteiger partial charge in [0.1, 0.15) is 0 Å². The Labute approximate surface area is 232 Å². The molecular weight excluding hydrogens is 515 g/mol. The van der Waals surface area contributed by atoms with Crippen LogP contribution in [0.1, 0.15) is 89.6 Å². The molecule has 0 saturated heterocycles. The monoisotopic (exact) mass is 547 g/mol. The highest BCUT2D eigenvalue weighted by atomic mass is 19.2. The molecule has 3 aromatic rings. The van der Waals surface area contributed by atoms with Crippen molar-refractivity contribution in [2.75, 3.05) is 0 Å². The molecule has 2 aliphatic rings. The molecule has 0 heterocycles. The highest BCUT2D eigenvalue weighted by molar-refractivity contribution is 6.02. The Bertz CT molecular complexity index is 1750. The van der Waals surface area contributed by atoms with Gasteiger partial charge in [0.05, 0.1) is 5.56 Å². The Morgan fingerprint density at radius 2 is 1.32 bits per heavy atom. The van der Waals surface area contributed by atoms with Crippen molar-refractivity contribution in [3.8, 4) is 11.1 Å². The van der Waals surface area contributed by atoms with Gasteiger partial charge < -0.3 is 0 Å². The Balaban J connectivity index is 1.97. The van der Waals surface area contributed by atoms with Crippen LogP contribution < -0.4 is 10.4 Å². The molecule has 0 unspecified atom stereocenters. The molecule has 0 nitrogen and oxygen atoms in total. The van der Waals surface area contributed by atoms with Crippen molar-refractivity contribution >= 4 is 22.8 Å². The second-order valence-corrected chi connectivity index (χ2v) is 12.9. The summed E-state index contributed by atoms with van der Waals surface area (Å²) in [6.07, 6.45) is 7.03. The fourth-order valence-corrected chi connectivity index (χ4v) is 5.80. The normalized spacial score (nSPS) is 14.5. The van der Waals surface area contributed by atoms with Crippen LogP contribution in [-0.2, 0) is 10.8 Å². The summed E-state index contributed by atoms with van der Waals surface area (Å²) in [5, 5.41) is 1.77. The van der Waals surface area contributed by atoms with Crippen molar-refractivity contribution < 1.29 is 22.0 Å². The van der Waals surface area contributed by atoms with Gasteiger partial charge >= 0.3 is 0 Å². The summed E-state index contributed by atoms with van der Waals surface area (Å²) in [5.41, 5.74) is 5.85. The first-order chi connectivity index (χ1) is 18.5. The molecule has 5 rings (SSSR count). The van der Waals surface area contributed by atoms with Crippen LogP contribution in [0.15, 0.2) is 36.4 Å². The standard InChI is InChI=1S/C35H32F5/c1-17(2)23-16-24-20-13-12-19(34(3,4)5)14-18(20)15-25(24)26(28(23)35(6,7)8)21-10-9-11-22(21)27-29(36)31(38)33(40)32(39)30(27)37/h9,11-14,16H,10H2,1-8H3. The third-order valence-corrected chi connectivity index (χ3v) is 7.76. The molecule has 0 saturated carbocycles. The van der Waals surface area contributed by atoms with Crippen molar-refractivity contribution in [1.82, 2.24) is 0 Å². The second-order valence-electron chi connectivity index (χ2n) is 12.9. The van der Waals surface area contributed by atoms with Crippen LogP contribution in [0.4, 0.5) is 22.0 Å². The van der Waals surface area contributed by atoms with Crippen LogP contribution >= 0.6 is 0 Å². The summed E-state index contributed by atoms with van der Waals surface area (Å²) in [6.45, 7) is 16.6. The summed E-state index contributed by atoms with van der Waals surface area (Å²) in [7, 11) is 0. The number of benzene rings is 3. The van der Waals surface area contributed by atoms with Crippen LogP contribution in [0.2, 0.25) is 0 Å². The van der Waals surface area contributed by atoms with E-state index in [1.165, 1.54) is 6.08 Å². The van der Waals surface area contributed by atoms with Gasteiger partial charge in [-0.25, -0.2) is 22.0 Å². The lowest BCUT2D eigenvalue weighted by Gasteiger charge is -2.27. The highest BCUT2D eigenvalue weighted by Crippen LogP contribution is 2.42. The quantitative estimate of drug-likeness (QED) is 0.134. The van der Waals surface area contributed by atoms with E-state index in [0.29, 0.717) is 5.57 Å². The fourth-order valence-electron chi connectivity index (χ4n) is 5.80. The fraction of sp³-hybridized carbons (Fsp3) is 0.314. The first-order valence-corrected chi connectivity index (χ1v) is 13.4. The van der Waals surface area contributed by atoms with E-state index in [1.807, 2.05) is 13.8 Å². The molecule has 0 amide bonds. The van der Waals surface area contributed by atoms with E-state index in [1.54, 1.807) is 6.08 Å². The SMILES string of the molecule is CC(C)=c1cc2c(c(C3=C(c4c(F)c(F)c(F)c(F)c4F)C=CC3)c1C(C)(C)C)=[C]c1cc(C(C)(C)C)ccc1-2. The van der Waals surface area contributed by atoms with Gasteiger partial charge in [-0.1, -0.05) is 71.4 Å². The molecule has 3 aromatic carbocycles. The lowest BCUT2D eigenvalue weighted by molar-refractivity contribution is 0.376. The molecule has 207 valence electrons. The highest BCUT2D eigenvalue weighted by Gasteiger charge is 2.33. The molecule has 5 heteroatoms. The molecule has 2 aliphatic carbocycles. The van der Waals surface area contributed by atoms with Gasteiger partial charge in [0.2, 0.25) is 5.82 Å². The first kappa shape index (κ1) is 28.1. The number of allylic oxidation sites excluding steroid dienone is 4. The molecule has 0 fully saturated rings. The predicted octanol–water partition coefficient (Wildman–Crippen LogP) is 8.72. The van der Waals surface area contributed by atoms with Crippen LogP contribution in [-0.4, -0.2) is 0 Å². The second kappa shape index (κ2) is 9.29. The largest absolute Gasteiger partial charge is 0.203 e. The van der Waals surface area contributed by atoms with Gasteiger partial charge in [-0.15, -0.1) is 0 Å². The smallest absolute Gasteiger partial charge is 0.200 e. The average molecular weight is 548 g/mol. The number of fused-ring (bicyclic) bond motifs is 3. The van der Waals surface area contributed by atoms with Crippen LogP contribution in [0.25, 0.3) is 33.9 Å². The summed E-state index contributed by atoms with van der Waals surface area (Å²) >= 11 is 0. The van der Waals surface area contributed by atoms with E-state index in [-0.39, 0.29) is 17.4 Å². The van der Waals surface area contributed by atoms with E-state index >= 15 is 8.78 Å². The number of hydrogen-bond donors (Lipinski definition) is 0. The van der Waals surface area contributed by atoms with Crippen molar-refractivity contribution in [2.24, 2.45) is 0 Å². The number of hydrogen-bond acceptors (Lipinski definition) is 0. The zero-order chi connectivity index (χ0) is 29.5. The molecule has 0 N–H and O–H groups in total. The van der Waals surface area contributed by atoms with Crippen molar-refractivity contribution in [2.45, 2.75) is 72.6 Å². The maximum atomic E-state index is 15.1.